The highest BCUT2D eigenvalue weighted by Gasteiger charge is 1.99. The third-order valence-electron chi connectivity index (χ3n) is 2.12. The monoisotopic (exact) mass is 180 g/mol. The Morgan fingerprint density at radius 3 is 2.55 bits per heavy atom. The molecule has 0 aliphatic rings. The van der Waals surface area contributed by atoms with E-state index in [1.54, 1.807) is 5.19 Å². The Morgan fingerprint density at radius 2 is 2.00 bits per heavy atom. The molecule has 0 saturated heterocycles. The molecule has 1 rings (SSSR count). The summed E-state index contributed by atoms with van der Waals surface area (Å²) in [6.45, 7) is 2.40. The highest BCUT2D eigenvalue weighted by Crippen LogP contribution is 2.03. The Bertz CT molecular complexity index is 196. The van der Waals surface area contributed by atoms with Crippen molar-refractivity contribution in [2.75, 3.05) is 0 Å². The minimum Gasteiger partial charge on any atom is -0.0667 e. The quantitative estimate of drug-likeness (QED) is 0.578. The predicted octanol–water partition coefficient (Wildman–Crippen LogP) is 0.0728. The van der Waals surface area contributed by atoms with Crippen LogP contribution in [0.5, 0.6) is 0 Å². The largest absolute Gasteiger partial charge is 0.0667 e. The molecular weight excluding hydrogens is 164 g/mol. The van der Waals surface area contributed by atoms with Gasteiger partial charge in [0.05, 0.1) is 9.52 Å². The summed E-state index contributed by atoms with van der Waals surface area (Å²) in [6.07, 6.45) is 0. The first-order chi connectivity index (χ1) is 5.33. The van der Waals surface area contributed by atoms with E-state index in [1.807, 2.05) is 0 Å². The van der Waals surface area contributed by atoms with Crippen LogP contribution in [0, 0.1) is 0 Å². The summed E-state index contributed by atoms with van der Waals surface area (Å²) in [4.78, 5) is 0. The summed E-state index contributed by atoms with van der Waals surface area (Å²) >= 11 is 0. The average molecular weight is 180 g/mol. The number of hydrogen-bond acceptors (Lipinski definition) is 0. The average Bonchev–Trinajstić information content (AvgIpc) is 2.06. The molecule has 0 N–H and O–H groups in total. The maximum Gasteiger partial charge on any atom is 0.0572 e. The Kier molecular flexibility index (Phi) is 3.59. The van der Waals surface area contributed by atoms with Crippen LogP contribution in [-0.4, -0.2) is 19.8 Å². The number of rotatable bonds is 3. The summed E-state index contributed by atoms with van der Waals surface area (Å²) < 4.78 is 0. The van der Waals surface area contributed by atoms with Crippen molar-refractivity contribution in [1.82, 2.24) is 0 Å². The molecule has 0 aliphatic heterocycles. The molecule has 0 saturated carbocycles. The van der Waals surface area contributed by atoms with Gasteiger partial charge in [0, 0.05) is 10.2 Å². The Balaban J connectivity index is 2.51. The van der Waals surface area contributed by atoms with Gasteiger partial charge < -0.3 is 0 Å². The maximum absolute atomic E-state index is 2.40. The molecular formula is C9H16Si2. The SMILES string of the molecule is CC(C[SiH3])[SiH2]c1ccccc1. The summed E-state index contributed by atoms with van der Waals surface area (Å²) in [5.74, 6) is 0. The third-order valence-corrected chi connectivity index (χ3v) is 6.89. The lowest BCUT2D eigenvalue weighted by Crippen LogP contribution is -2.16. The van der Waals surface area contributed by atoms with Crippen molar-refractivity contribution in [2.24, 2.45) is 0 Å². The molecule has 0 radical (unpaired) electrons. The van der Waals surface area contributed by atoms with Gasteiger partial charge >= 0.3 is 0 Å². The molecule has 0 spiro atoms. The van der Waals surface area contributed by atoms with E-state index in [0.717, 1.165) is 5.54 Å². The van der Waals surface area contributed by atoms with Gasteiger partial charge in [0.1, 0.15) is 0 Å². The first-order valence-corrected chi connectivity index (χ1v) is 7.30. The van der Waals surface area contributed by atoms with Crippen LogP contribution in [0.4, 0.5) is 0 Å². The lowest BCUT2D eigenvalue weighted by molar-refractivity contribution is 1.06. The zero-order valence-corrected chi connectivity index (χ0v) is 10.8. The second-order valence-electron chi connectivity index (χ2n) is 3.20. The van der Waals surface area contributed by atoms with Gasteiger partial charge in [-0.25, -0.2) is 0 Å². The zero-order valence-electron chi connectivity index (χ0n) is 7.38. The first-order valence-electron chi connectivity index (χ1n) is 4.37. The molecule has 0 fully saturated rings. The van der Waals surface area contributed by atoms with Crippen LogP contribution in [0.2, 0.25) is 11.6 Å². The van der Waals surface area contributed by atoms with Crippen LogP contribution in [0.3, 0.4) is 0 Å². The van der Waals surface area contributed by atoms with Gasteiger partial charge in [0.2, 0.25) is 0 Å². The maximum atomic E-state index is 2.40. The summed E-state index contributed by atoms with van der Waals surface area (Å²) in [6, 6.07) is 12.4. The van der Waals surface area contributed by atoms with Crippen molar-refractivity contribution < 1.29 is 0 Å². The van der Waals surface area contributed by atoms with E-state index in [4.69, 9.17) is 0 Å². The fourth-order valence-corrected chi connectivity index (χ4v) is 3.66. The van der Waals surface area contributed by atoms with E-state index < -0.39 is 0 Å². The van der Waals surface area contributed by atoms with Crippen molar-refractivity contribution >= 4 is 24.9 Å². The minimum atomic E-state index is 0.0477. The van der Waals surface area contributed by atoms with E-state index in [0.29, 0.717) is 0 Å². The highest BCUT2D eigenvalue weighted by molar-refractivity contribution is 6.55. The number of hydrogen-bond donors (Lipinski definition) is 0. The smallest absolute Gasteiger partial charge is 0.0572 e. The van der Waals surface area contributed by atoms with Crippen LogP contribution in [0.25, 0.3) is 0 Å². The second-order valence-corrected chi connectivity index (χ2v) is 6.64. The van der Waals surface area contributed by atoms with Crippen LogP contribution < -0.4 is 5.19 Å². The molecule has 0 nitrogen and oxygen atoms in total. The molecule has 11 heavy (non-hydrogen) atoms. The first kappa shape index (κ1) is 8.75. The van der Waals surface area contributed by atoms with Crippen LogP contribution in [-0.2, 0) is 0 Å². The second kappa shape index (κ2) is 4.52. The van der Waals surface area contributed by atoms with Gasteiger partial charge in [-0.15, -0.1) is 0 Å². The molecule has 2 heteroatoms. The van der Waals surface area contributed by atoms with Gasteiger partial charge in [-0.05, 0) is 0 Å². The van der Waals surface area contributed by atoms with Crippen molar-refractivity contribution in [3.8, 4) is 0 Å². The van der Waals surface area contributed by atoms with E-state index in [1.165, 1.54) is 16.3 Å². The fraction of sp³-hybridized carbons (Fsp3) is 0.333. The molecule has 1 unspecified atom stereocenters. The lowest BCUT2D eigenvalue weighted by atomic mass is 10.4. The van der Waals surface area contributed by atoms with Crippen molar-refractivity contribution in [1.29, 1.82) is 0 Å². The fourth-order valence-electron chi connectivity index (χ4n) is 1.16. The summed E-state index contributed by atoms with van der Waals surface area (Å²) in [5, 5.41) is 1.62. The van der Waals surface area contributed by atoms with Crippen molar-refractivity contribution in [2.45, 2.75) is 18.5 Å². The minimum absolute atomic E-state index is 0.0477. The molecule has 0 aliphatic carbocycles. The lowest BCUT2D eigenvalue weighted by Gasteiger charge is -2.05. The summed E-state index contributed by atoms with van der Waals surface area (Å²) in [7, 11) is 1.42. The number of benzene rings is 1. The predicted molar refractivity (Wildman–Crippen MR) is 58.8 cm³/mol. The normalized spacial score (nSPS) is 14.3. The van der Waals surface area contributed by atoms with Crippen molar-refractivity contribution in [3.63, 3.8) is 0 Å². The van der Waals surface area contributed by atoms with E-state index in [2.05, 4.69) is 37.3 Å². The zero-order chi connectivity index (χ0) is 8.10. The standard InChI is InChI=1S/C9H16Si2/c1-8(7-10)11-9-5-3-2-4-6-9/h2-6,8H,7,11H2,1,10H3. The van der Waals surface area contributed by atoms with Crippen LogP contribution in [0.15, 0.2) is 30.3 Å². The van der Waals surface area contributed by atoms with Gasteiger partial charge in [0.25, 0.3) is 0 Å². The molecule has 0 bridgehead atoms. The van der Waals surface area contributed by atoms with Crippen LogP contribution in [0.1, 0.15) is 6.92 Å². The molecule has 60 valence electrons. The van der Waals surface area contributed by atoms with Gasteiger partial charge in [-0.2, -0.15) is 0 Å². The van der Waals surface area contributed by atoms with Crippen LogP contribution >= 0.6 is 0 Å². The Hall–Kier alpha value is -0.346. The Morgan fingerprint density at radius 1 is 1.36 bits per heavy atom. The highest BCUT2D eigenvalue weighted by atomic mass is 28.2. The molecule has 0 heterocycles. The topological polar surface area (TPSA) is 0 Å². The van der Waals surface area contributed by atoms with E-state index in [9.17, 15) is 0 Å². The molecule has 1 aromatic rings. The molecule has 1 atom stereocenters. The summed E-state index contributed by atoms with van der Waals surface area (Å²) in [5.41, 5.74) is 1.02. The van der Waals surface area contributed by atoms with E-state index in [-0.39, 0.29) is 9.52 Å². The molecule has 1 aromatic carbocycles. The molecule has 0 aromatic heterocycles. The van der Waals surface area contributed by atoms with Gasteiger partial charge in [-0.1, -0.05) is 54.0 Å². The van der Waals surface area contributed by atoms with Crippen molar-refractivity contribution in [3.05, 3.63) is 30.3 Å². The Labute approximate surface area is 74.3 Å². The third kappa shape index (κ3) is 3.03. The van der Waals surface area contributed by atoms with Gasteiger partial charge in [-0.3, -0.25) is 0 Å². The van der Waals surface area contributed by atoms with Gasteiger partial charge in [0.15, 0.2) is 0 Å². The molecule has 0 amide bonds. The van der Waals surface area contributed by atoms with E-state index >= 15 is 0 Å².